The maximum absolute atomic E-state index is 12.6. The van der Waals surface area contributed by atoms with E-state index in [1.54, 1.807) is 0 Å². The summed E-state index contributed by atoms with van der Waals surface area (Å²) in [5.74, 6) is -2.14. The van der Waals surface area contributed by atoms with Gasteiger partial charge in [0.1, 0.15) is 11.6 Å². The average Bonchev–Trinajstić information content (AvgIpc) is 2.34. The normalized spacial score (nSPS) is 11.5. The van der Waals surface area contributed by atoms with Gasteiger partial charge in [-0.3, -0.25) is 0 Å². The van der Waals surface area contributed by atoms with Crippen LogP contribution in [-0.4, -0.2) is 9.97 Å². The summed E-state index contributed by atoms with van der Waals surface area (Å²) >= 11 is 14.9. The van der Waals surface area contributed by atoms with Crippen LogP contribution in [-0.2, 0) is 6.18 Å². The molecule has 2 N–H and O–H groups in total. The highest BCUT2D eigenvalue weighted by Crippen LogP contribution is 2.37. The molecule has 10 heteroatoms. The quantitative estimate of drug-likeness (QED) is 0.722. The van der Waals surface area contributed by atoms with Crippen LogP contribution in [0.4, 0.5) is 19.0 Å². The van der Waals surface area contributed by atoms with Gasteiger partial charge in [0, 0.05) is 16.6 Å². The molecule has 2 aromatic rings. The predicted molar refractivity (Wildman–Crippen MR) is 75.7 cm³/mol. The van der Waals surface area contributed by atoms with E-state index in [4.69, 9.17) is 33.7 Å². The average molecular weight is 403 g/mol. The topological polar surface area (TPSA) is 61.0 Å². The van der Waals surface area contributed by atoms with Gasteiger partial charge in [0.2, 0.25) is 11.7 Å². The molecule has 1 aromatic carbocycles. The summed E-state index contributed by atoms with van der Waals surface area (Å²) in [6.07, 6.45) is -4.74. The minimum atomic E-state index is -4.74. The Balaban J connectivity index is 2.40. The lowest BCUT2D eigenvalue weighted by atomic mass is 10.3. The number of benzene rings is 1. The van der Waals surface area contributed by atoms with Crippen molar-refractivity contribution in [1.29, 1.82) is 0 Å². The van der Waals surface area contributed by atoms with Gasteiger partial charge in [-0.1, -0.05) is 23.2 Å². The smallest absolute Gasteiger partial charge is 0.437 e. The molecule has 21 heavy (non-hydrogen) atoms. The summed E-state index contributed by atoms with van der Waals surface area (Å²) in [5, 5.41) is 0.407. The van der Waals surface area contributed by atoms with Crippen LogP contribution < -0.4 is 10.5 Å². The van der Waals surface area contributed by atoms with Gasteiger partial charge >= 0.3 is 6.18 Å². The van der Waals surface area contributed by atoms with Crippen molar-refractivity contribution < 1.29 is 17.9 Å². The van der Waals surface area contributed by atoms with Crippen LogP contribution >= 0.6 is 39.1 Å². The van der Waals surface area contributed by atoms with E-state index in [2.05, 4.69) is 25.9 Å². The lowest BCUT2D eigenvalue weighted by molar-refractivity contribution is -0.145. The van der Waals surface area contributed by atoms with Gasteiger partial charge < -0.3 is 10.5 Å². The molecule has 2 rings (SSSR count). The second-order valence-corrected chi connectivity index (χ2v) is 5.42. The lowest BCUT2D eigenvalue weighted by Crippen LogP contribution is -2.12. The maximum Gasteiger partial charge on any atom is 0.451 e. The number of anilines is 1. The van der Waals surface area contributed by atoms with Gasteiger partial charge in [0.15, 0.2) is 0 Å². The van der Waals surface area contributed by atoms with Gasteiger partial charge in [-0.2, -0.15) is 18.2 Å². The Morgan fingerprint density at radius 2 is 1.76 bits per heavy atom. The summed E-state index contributed by atoms with van der Waals surface area (Å²) in [4.78, 5) is 6.34. The fourth-order valence-corrected chi connectivity index (χ4v) is 2.15. The molecule has 0 fully saturated rings. The molecular formula is C11H5BrCl2F3N3O. The molecule has 0 radical (unpaired) electrons. The molecule has 4 nitrogen and oxygen atoms in total. The number of nitrogens with two attached hydrogens (primary N) is 1. The molecule has 0 bridgehead atoms. The monoisotopic (exact) mass is 401 g/mol. The van der Waals surface area contributed by atoms with E-state index in [1.165, 1.54) is 12.1 Å². The Bertz CT molecular complexity index is 697. The summed E-state index contributed by atoms with van der Waals surface area (Å²) in [7, 11) is 0. The van der Waals surface area contributed by atoms with Gasteiger partial charge in [0.05, 0.1) is 10.0 Å². The molecule has 1 heterocycles. The number of rotatable bonds is 2. The van der Waals surface area contributed by atoms with Gasteiger partial charge in [0.25, 0.3) is 0 Å². The van der Waals surface area contributed by atoms with E-state index < -0.39 is 17.9 Å². The van der Waals surface area contributed by atoms with Crippen molar-refractivity contribution >= 4 is 44.9 Å². The summed E-state index contributed by atoms with van der Waals surface area (Å²) in [6.45, 7) is 0. The molecular weight excluding hydrogens is 398 g/mol. The van der Waals surface area contributed by atoms with Crippen LogP contribution in [0.2, 0.25) is 10.0 Å². The second kappa shape index (κ2) is 5.86. The third-order valence-electron chi connectivity index (χ3n) is 2.17. The molecule has 0 aliphatic heterocycles. The number of hydrogen-bond acceptors (Lipinski definition) is 4. The Labute approximate surface area is 135 Å². The maximum atomic E-state index is 12.6. The molecule has 0 aliphatic carbocycles. The second-order valence-electron chi connectivity index (χ2n) is 3.75. The highest BCUT2D eigenvalue weighted by molar-refractivity contribution is 9.10. The van der Waals surface area contributed by atoms with E-state index >= 15 is 0 Å². The van der Waals surface area contributed by atoms with Crippen molar-refractivity contribution in [2.24, 2.45) is 0 Å². The summed E-state index contributed by atoms with van der Waals surface area (Å²) in [5.41, 5.74) is 5.30. The van der Waals surface area contributed by atoms with Gasteiger partial charge in [-0.25, -0.2) is 4.98 Å². The third kappa shape index (κ3) is 3.90. The van der Waals surface area contributed by atoms with Crippen LogP contribution in [0.3, 0.4) is 0 Å². The highest BCUT2D eigenvalue weighted by Gasteiger charge is 2.35. The molecule has 0 saturated carbocycles. The third-order valence-corrected chi connectivity index (χ3v) is 3.66. The Hall–Kier alpha value is -1.25. The first-order chi connectivity index (χ1) is 9.66. The molecule has 0 spiro atoms. The number of nitrogen functional groups attached to an aromatic ring is 1. The number of hydrogen-bond donors (Lipinski definition) is 1. The summed E-state index contributed by atoms with van der Waals surface area (Å²) in [6, 6.07) is 3.81. The van der Waals surface area contributed by atoms with Crippen molar-refractivity contribution in [2.45, 2.75) is 6.18 Å². The molecule has 112 valence electrons. The number of alkyl halides is 3. The van der Waals surface area contributed by atoms with E-state index in [0.717, 1.165) is 6.07 Å². The van der Waals surface area contributed by atoms with Crippen LogP contribution in [0.5, 0.6) is 11.6 Å². The number of halogens is 6. The lowest BCUT2D eigenvalue weighted by Gasteiger charge is -2.11. The number of ether oxygens (including phenoxy) is 1. The van der Waals surface area contributed by atoms with Crippen LogP contribution in [0, 0.1) is 0 Å². The first kappa shape index (κ1) is 16.1. The zero-order valence-electron chi connectivity index (χ0n) is 9.88. The molecule has 0 unspecified atom stereocenters. The number of nitrogens with zero attached hydrogens (tertiary/aromatic N) is 2. The first-order valence-electron chi connectivity index (χ1n) is 5.21. The SMILES string of the molecule is Nc1cc(Oc2cc(Cl)c(Br)cc2Cl)nc(C(F)(F)F)n1. The van der Waals surface area contributed by atoms with Gasteiger partial charge in [-0.05, 0) is 22.0 Å². The Morgan fingerprint density at radius 3 is 2.38 bits per heavy atom. The molecule has 0 amide bonds. The molecule has 1 aromatic heterocycles. The van der Waals surface area contributed by atoms with Crippen molar-refractivity contribution in [1.82, 2.24) is 9.97 Å². The van der Waals surface area contributed by atoms with Crippen molar-refractivity contribution in [3.8, 4) is 11.6 Å². The van der Waals surface area contributed by atoms with E-state index in [9.17, 15) is 13.2 Å². The van der Waals surface area contributed by atoms with E-state index in [1.807, 2.05) is 0 Å². The Kier molecular flexibility index (Phi) is 4.50. The van der Waals surface area contributed by atoms with Crippen molar-refractivity contribution in [3.63, 3.8) is 0 Å². The van der Waals surface area contributed by atoms with Crippen LogP contribution in [0.25, 0.3) is 0 Å². The first-order valence-corrected chi connectivity index (χ1v) is 6.76. The van der Waals surface area contributed by atoms with Crippen LogP contribution in [0.15, 0.2) is 22.7 Å². The Morgan fingerprint density at radius 1 is 1.10 bits per heavy atom. The highest BCUT2D eigenvalue weighted by atomic mass is 79.9. The van der Waals surface area contributed by atoms with E-state index in [-0.39, 0.29) is 21.6 Å². The van der Waals surface area contributed by atoms with Crippen LogP contribution in [0.1, 0.15) is 5.82 Å². The number of aromatic nitrogens is 2. The zero-order valence-corrected chi connectivity index (χ0v) is 13.0. The fourth-order valence-electron chi connectivity index (χ4n) is 1.32. The minimum Gasteiger partial charge on any atom is -0.437 e. The molecule has 0 atom stereocenters. The van der Waals surface area contributed by atoms with Gasteiger partial charge in [-0.15, -0.1) is 0 Å². The largest absolute Gasteiger partial charge is 0.451 e. The summed E-state index contributed by atoms with van der Waals surface area (Å²) < 4.78 is 43.5. The van der Waals surface area contributed by atoms with Crippen molar-refractivity contribution in [2.75, 3.05) is 5.73 Å². The van der Waals surface area contributed by atoms with E-state index in [0.29, 0.717) is 4.47 Å². The molecule has 0 saturated heterocycles. The minimum absolute atomic E-state index is 0.0380. The van der Waals surface area contributed by atoms with Crippen molar-refractivity contribution in [3.05, 3.63) is 38.5 Å². The predicted octanol–water partition coefficient (Wildman–Crippen LogP) is 4.94. The standard InChI is InChI=1S/C11H5BrCl2F3N3O/c12-4-1-6(14)7(2-5(4)13)21-9-3-8(18)19-10(20-9)11(15,16)17/h1-3H,(H2,18,19,20). The molecule has 0 aliphatic rings. The fraction of sp³-hybridized carbons (Fsp3) is 0.0909. The zero-order chi connectivity index (χ0) is 15.8.